The Labute approximate surface area is 181 Å². The molecular formula is C21H22F2N4O3S. The number of pyridine rings is 1. The molecule has 1 N–H and O–H groups in total. The molecule has 0 spiro atoms. The summed E-state index contributed by atoms with van der Waals surface area (Å²) in [6.07, 6.45) is 2.82. The van der Waals surface area contributed by atoms with Gasteiger partial charge in [-0.3, -0.25) is 9.59 Å². The van der Waals surface area contributed by atoms with E-state index in [1.54, 1.807) is 16.7 Å². The van der Waals surface area contributed by atoms with Gasteiger partial charge in [-0.1, -0.05) is 0 Å². The molecule has 3 heterocycles. The smallest absolute Gasteiger partial charge is 0.264 e. The summed E-state index contributed by atoms with van der Waals surface area (Å²) in [5.41, 5.74) is 2.33. The molecule has 0 bridgehead atoms. The van der Waals surface area contributed by atoms with E-state index in [2.05, 4.69) is 10.3 Å². The standard InChI is InChI=1S/C21H22F2N4O3S/c1-30-7-6-26(10-17(22)23)21(29)16-8-15(12-31-16)14-4-5-19-24-18(11-27(19)9-14)25-20(28)13-2-3-13/h4-5,8-9,11-13,17H,2-3,6-7,10H2,1H3,(H,25,28). The summed E-state index contributed by atoms with van der Waals surface area (Å²) in [5.74, 6) is 0.139. The molecular weight excluding hydrogens is 426 g/mol. The fraction of sp³-hybridized carbons (Fsp3) is 0.381. The highest BCUT2D eigenvalue weighted by molar-refractivity contribution is 7.12. The first-order chi connectivity index (χ1) is 14.9. The van der Waals surface area contributed by atoms with E-state index in [9.17, 15) is 18.4 Å². The number of rotatable bonds is 9. The molecule has 1 aliphatic rings. The van der Waals surface area contributed by atoms with Crippen molar-refractivity contribution in [2.24, 2.45) is 5.92 Å². The molecule has 4 rings (SSSR count). The molecule has 164 valence electrons. The van der Waals surface area contributed by atoms with Gasteiger partial charge in [-0.15, -0.1) is 11.3 Å². The van der Waals surface area contributed by atoms with Crippen LogP contribution >= 0.6 is 11.3 Å². The fourth-order valence-corrected chi connectivity index (χ4v) is 4.08. The predicted octanol–water partition coefficient (Wildman–Crippen LogP) is 3.77. The summed E-state index contributed by atoms with van der Waals surface area (Å²) in [6.45, 7) is -0.345. The molecule has 10 heteroatoms. The molecule has 31 heavy (non-hydrogen) atoms. The van der Waals surface area contributed by atoms with Crippen LogP contribution in [0.3, 0.4) is 0 Å². The quantitative estimate of drug-likeness (QED) is 0.541. The number of imidazole rings is 1. The molecule has 0 aromatic carbocycles. The molecule has 3 aromatic heterocycles. The largest absolute Gasteiger partial charge is 0.383 e. The van der Waals surface area contributed by atoms with Crippen molar-refractivity contribution in [2.75, 3.05) is 32.1 Å². The second-order valence-electron chi connectivity index (χ2n) is 7.41. The van der Waals surface area contributed by atoms with E-state index in [0.29, 0.717) is 16.3 Å². The number of alkyl halides is 2. The van der Waals surface area contributed by atoms with Gasteiger partial charge in [0.15, 0.2) is 5.82 Å². The minimum absolute atomic E-state index is 0.00792. The number of halogens is 2. The summed E-state index contributed by atoms with van der Waals surface area (Å²) < 4.78 is 32.5. The van der Waals surface area contributed by atoms with Crippen molar-refractivity contribution >= 4 is 34.6 Å². The van der Waals surface area contributed by atoms with Gasteiger partial charge < -0.3 is 19.4 Å². The number of fused-ring (bicyclic) bond motifs is 1. The van der Waals surface area contributed by atoms with Crippen molar-refractivity contribution < 1.29 is 23.1 Å². The highest BCUT2D eigenvalue weighted by atomic mass is 32.1. The molecule has 1 fully saturated rings. The van der Waals surface area contributed by atoms with Crippen LogP contribution in [-0.2, 0) is 9.53 Å². The third-order valence-corrected chi connectivity index (χ3v) is 5.92. The van der Waals surface area contributed by atoms with Gasteiger partial charge >= 0.3 is 0 Å². The Morgan fingerprint density at radius 2 is 2.13 bits per heavy atom. The lowest BCUT2D eigenvalue weighted by molar-refractivity contribution is -0.117. The second-order valence-corrected chi connectivity index (χ2v) is 8.32. The Balaban J connectivity index is 1.51. The van der Waals surface area contributed by atoms with Gasteiger partial charge in [-0.25, -0.2) is 13.8 Å². The van der Waals surface area contributed by atoms with Crippen LogP contribution in [0, 0.1) is 5.92 Å². The highest BCUT2D eigenvalue weighted by Gasteiger charge is 2.30. The Bertz CT molecular complexity index is 1090. The van der Waals surface area contributed by atoms with Gasteiger partial charge in [0, 0.05) is 25.8 Å². The number of thiophene rings is 1. The van der Waals surface area contributed by atoms with Crippen LogP contribution in [0.15, 0.2) is 36.0 Å². The third kappa shape index (κ3) is 5.08. The first kappa shape index (κ1) is 21.4. The Hall–Kier alpha value is -2.85. The van der Waals surface area contributed by atoms with Crippen molar-refractivity contribution in [3.8, 4) is 11.1 Å². The lowest BCUT2D eigenvalue weighted by Gasteiger charge is -2.21. The Morgan fingerprint density at radius 3 is 2.84 bits per heavy atom. The minimum atomic E-state index is -2.61. The molecule has 0 aliphatic heterocycles. The molecule has 1 saturated carbocycles. The van der Waals surface area contributed by atoms with Gasteiger partial charge in [-0.05, 0) is 47.5 Å². The average molecular weight is 448 g/mol. The maximum absolute atomic E-state index is 12.9. The summed E-state index contributed by atoms with van der Waals surface area (Å²) >= 11 is 1.21. The summed E-state index contributed by atoms with van der Waals surface area (Å²) in [5, 5.41) is 4.64. The van der Waals surface area contributed by atoms with Crippen LogP contribution < -0.4 is 5.32 Å². The Morgan fingerprint density at radius 1 is 1.32 bits per heavy atom. The monoisotopic (exact) mass is 448 g/mol. The Kier molecular flexibility index (Phi) is 6.28. The zero-order chi connectivity index (χ0) is 22.0. The van der Waals surface area contributed by atoms with Gasteiger partial charge in [0.1, 0.15) is 5.65 Å². The number of carbonyl (C=O) groups is 2. The van der Waals surface area contributed by atoms with E-state index in [0.717, 1.165) is 28.9 Å². The summed E-state index contributed by atoms with van der Waals surface area (Å²) in [4.78, 5) is 30.5. The number of methoxy groups -OCH3 is 1. The third-order valence-electron chi connectivity index (χ3n) is 5.00. The number of hydrogen-bond donors (Lipinski definition) is 1. The minimum Gasteiger partial charge on any atom is -0.383 e. The van der Waals surface area contributed by atoms with E-state index >= 15 is 0 Å². The molecule has 0 saturated heterocycles. The van der Waals surface area contributed by atoms with Crippen molar-refractivity contribution in [1.82, 2.24) is 14.3 Å². The maximum atomic E-state index is 12.9. The average Bonchev–Trinajstić information content (AvgIpc) is 3.34. The van der Waals surface area contributed by atoms with Crippen LogP contribution in [0.1, 0.15) is 22.5 Å². The van der Waals surface area contributed by atoms with Crippen LogP contribution in [0.25, 0.3) is 16.8 Å². The second kappa shape index (κ2) is 9.11. The van der Waals surface area contributed by atoms with Gasteiger partial charge in [0.2, 0.25) is 5.91 Å². The van der Waals surface area contributed by atoms with Crippen molar-refractivity contribution in [2.45, 2.75) is 19.3 Å². The number of amides is 2. The number of aromatic nitrogens is 2. The number of nitrogens with zero attached hydrogens (tertiary/aromatic N) is 3. The van der Waals surface area contributed by atoms with Gasteiger partial charge in [0.05, 0.1) is 24.2 Å². The predicted molar refractivity (Wildman–Crippen MR) is 114 cm³/mol. The summed E-state index contributed by atoms with van der Waals surface area (Å²) in [6, 6.07) is 5.39. The molecule has 7 nitrogen and oxygen atoms in total. The van der Waals surface area contributed by atoms with Crippen LogP contribution in [-0.4, -0.2) is 59.3 Å². The number of ether oxygens (including phenoxy) is 1. The fourth-order valence-electron chi connectivity index (χ4n) is 3.20. The van der Waals surface area contributed by atoms with E-state index in [4.69, 9.17) is 4.74 Å². The molecule has 0 unspecified atom stereocenters. The van der Waals surface area contributed by atoms with E-state index in [-0.39, 0.29) is 25.0 Å². The number of anilines is 1. The zero-order valence-corrected chi connectivity index (χ0v) is 17.7. The van der Waals surface area contributed by atoms with E-state index < -0.39 is 18.9 Å². The van der Waals surface area contributed by atoms with Crippen LogP contribution in [0.5, 0.6) is 0 Å². The lowest BCUT2D eigenvalue weighted by Crippen LogP contribution is -2.37. The topological polar surface area (TPSA) is 75.9 Å². The molecule has 2 amide bonds. The first-order valence-corrected chi connectivity index (χ1v) is 10.8. The van der Waals surface area contributed by atoms with Gasteiger partial charge in [0.25, 0.3) is 12.3 Å². The maximum Gasteiger partial charge on any atom is 0.264 e. The zero-order valence-electron chi connectivity index (χ0n) is 16.9. The van der Waals surface area contributed by atoms with Crippen molar-refractivity contribution in [1.29, 1.82) is 0 Å². The molecule has 1 aliphatic carbocycles. The molecule has 0 radical (unpaired) electrons. The number of carbonyl (C=O) groups excluding carboxylic acids is 2. The lowest BCUT2D eigenvalue weighted by atomic mass is 10.1. The van der Waals surface area contributed by atoms with Crippen LogP contribution in [0.2, 0.25) is 0 Å². The number of hydrogen-bond acceptors (Lipinski definition) is 5. The SMILES string of the molecule is COCCN(CC(F)F)C(=O)c1cc(-c2ccc3nc(NC(=O)C4CC4)cn3c2)cs1. The van der Waals surface area contributed by atoms with Crippen molar-refractivity contribution in [3.63, 3.8) is 0 Å². The summed E-state index contributed by atoms with van der Waals surface area (Å²) in [7, 11) is 1.46. The van der Waals surface area contributed by atoms with Crippen LogP contribution in [0.4, 0.5) is 14.6 Å². The van der Waals surface area contributed by atoms with E-state index in [1.165, 1.54) is 18.4 Å². The molecule has 3 aromatic rings. The van der Waals surface area contributed by atoms with E-state index in [1.807, 2.05) is 23.7 Å². The normalized spacial score (nSPS) is 13.7. The number of nitrogens with one attached hydrogen (secondary N) is 1. The van der Waals surface area contributed by atoms with Gasteiger partial charge in [-0.2, -0.15) is 0 Å². The van der Waals surface area contributed by atoms with Crippen molar-refractivity contribution in [3.05, 3.63) is 40.8 Å². The first-order valence-electron chi connectivity index (χ1n) is 9.89. The highest BCUT2D eigenvalue weighted by Crippen LogP contribution is 2.30. The molecule has 0 atom stereocenters.